The van der Waals surface area contributed by atoms with Crippen LogP contribution in [0.1, 0.15) is 31.9 Å². The number of aliphatic hydroxyl groups excluding tert-OH is 2. The Morgan fingerprint density at radius 3 is 2.50 bits per heavy atom. The molecule has 0 amide bonds. The minimum Gasteiger partial charge on any atom is -0.489 e. The van der Waals surface area contributed by atoms with E-state index in [1.54, 1.807) is 36.4 Å². The molecule has 0 saturated heterocycles. The highest BCUT2D eigenvalue weighted by Crippen LogP contribution is 2.30. The van der Waals surface area contributed by atoms with Crippen molar-refractivity contribution in [2.24, 2.45) is 7.05 Å². The summed E-state index contributed by atoms with van der Waals surface area (Å²) in [7, 11) is 2.97. The van der Waals surface area contributed by atoms with Crippen LogP contribution in [-0.4, -0.2) is 61.2 Å². The predicted octanol–water partition coefficient (Wildman–Crippen LogP) is 3.60. The molecule has 2 aromatic carbocycles. The minimum atomic E-state index is -0.790. The Kier molecular flexibility index (Phi) is 9.28. The molecule has 3 N–H and O–H groups in total. The Balaban J connectivity index is 1.51. The summed E-state index contributed by atoms with van der Waals surface area (Å²) < 4.78 is 27.9. The minimum absolute atomic E-state index is 0.0245. The van der Waals surface area contributed by atoms with Crippen molar-refractivity contribution in [1.82, 2.24) is 24.5 Å². The fraction of sp³-hybridized carbons (Fsp3) is 0.303. The summed E-state index contributed by atoms with van der Waals surface area (Å²) in [4.78, 5) is 30.9. The standard InChI is InChI=1S/C33H35FN6O6/c1-33(2,3)20-11-19-14-36-40(32(44)30(19)25(34)12-20)28-8-6-7-23(24(28)16-41)26-13-27(31(43)39(4)38-26)37-29-10-9-22(15-35-29)46-18-21(42)17-45-5/h6-15,21,41-42H,16-18H2,1-5H3,(H,35,37)/t21-/m1/s1. The largest absolute Gasteiger partial charge is 0.489 e. The van der Waals surface area contributed by atoms with E-state index in [0.29, 0.717) is 33.8 Å². The van der Waals surface area contributed by atoms with Gasteiger partial charge in [0.2, 0.25) is 0 Å². The van der Waals surface area contributed by atoms with E-state index < -0.39 is 29.6 Å². The molecule has 12 nitrogen and oxygen atoms in total. The molecule has 0 aliphatic carbocycles. The smallest absolute Gasteiger partial charge is 0.290 e. The van der Waals surface area contributed by atoms with Gasteiger partial charge in [0.25, 0.3) is 11.1 Å². The lowest BCUT2D eigenvalue weighted by Crippen LogP contribution is -2.24. The number of fused-ring (bicyclic) bond motifs is 1. The van der Waals surface area contributed by atoms with Gasteiger partial charge in [-0.25, -0.2) is 14.1 Å². The van der Waals surface area contributed by atoms with Gasteiger partial charge in [-0.05, 0) is 47.4 Å². The highest BCUT2D eigenvalue weighted by Gasteiger charge is 2.21. The van der Waals surface area contributed by atoms with Crippen LogP contribution in [0, 0.1) is 5.82 Å². The van der Waals surface area contributed by atoms with Gasteiger partial charge < -0.3 is 25.0 Å². The van der Waals surface area contributed by atoms with Crippen LogP contribution in [0.3, 0.4) is 0 Å². The molecule has 3 aromatic heterocycles. The van der Waals surface area contributed by atoms with E-state index in [-0.39, 0.29) is 35.4 Å². The number of hydrogen-bond acceptors (Lipinski definition) is 10. The summed E-state index contributed by atoms with van der Waals surface area (Å²) in [5.74, 6) is 0.108. The van der Waals surface area contributed by atoms with Crippen LogP contribution in [0.2, 0.25) is 0 Å². The van der Waals surface area contributed by atoms with Crippen molar-refractivity contribution in [1.29, 1.82) is 0 Å². The molecular formula is C33H35FN6O6. The zero-order valence-electron chi connectivity index (χ0n) is 26.1. The molecule has 5 rings (SSSR count). The lowest BCUT2D eigenvalue weighted by atomic mass is 9.86. The number of nitrogens with one attached hydrogen (secondary N) is 1. The van der Waals surface area contributed by atoms with Gasteiger partial charge in [0.1, 0.15) is 35.8 Å². The van der Waals surface area contributed by atoms with Crippen molar-refractivity contribution < 1.29 is 24.1 Å². The van der Waals surface area contributed by atoms with E-state index in [4.69, 9.17) is 9.47 Å². The molecule has 0 fully saturated rings. The summed E-state index contributed by atoms with van der Waals surface area (Å²) in [5, 5.41) is 32.2. The normalized spacial score (nSPS) is 12.3. The Morgan fingerprint density at radius 2 is 1.83 bits per heavy atom. The molecule has 0 saturated carbocycles. The van der Waals surface area contributed by atoms with E-state index in [0.717, 1.165) is 14.9 Å². The van der Waals surface area contributed by atoms with E-state index in [2.05, 4.69) is 20.5 Å². The fourth-order valence-corrected chi connectivity index (χ4v) is 4.96. The van der Waals surface area contributed by atoms with Gasteiger partial charge in [-0.15, -0.1) is 0 Å². The van der Waals surface area contributed by atoms with Gasteiger partial charge in [-0.1, -0.05) is 32.9 Å². The molecular weight excluding hydrogens is 595 g/mol. The second-order valence-electron chi connectivity index (χ2n) is 11.8. The zero-order chi connectivity index (χ0) is 33.2. The molecule has 0 bridgehead atoms. The number of pyridine rings is 1. The molecule has 13 heteroatoms. The number of rotatable bonds is 10. The van der Waals surface area contributed by atoms with Crippen molar-refractivity contribution in [3.63, 3.8) is 0 Å². The third kappa shape index (κ3) is 6.66. The fourth-order valence-electron chi connectivity index (χ4n) is 4.96. The number of hydrogen-bond donors (Lipinski definition) is 3. The summed E-state index contributed by atoms with van der Waals surface area (Å²) in [5.41, 5.74) is 0.728. The third-order valence-corrected chi connectivity index (χ3v) is 7.38. The summed E-state index contributed by atoms with van der Waals surface area (Å²) in [6, 6.07) is 12.8. The summed E-state index contributed by atoms with van der Waals surface area (Å²) >= 11 is 0. The first kappa shape index (κ1) is 32.4. The Morgan fingerprint density at radius 1 is 1.04 bits per heavy atom. The SMILES string of the molecule is COC[C@@H](O)COc1ccc(Nc2cc(-c3cccc(-n4ncc5cc(C(C)(C)C)cc(F)c5c4=O)c3CO)nn(C)c2=O)nc1. The molecule has 0 spiro atoms. The maximum Gasteiger partial charge on any atom is 0.290 e. The molecule has 0 aliphatic rings. The number of aromatic nitrogens is 5. The highest BCUT2D eigenvalue weighted by atomic mass is 19.1. The molecule has 3 heterocycles. The second kappa shape index (κ2) is 13.2. The number of methoxy groups -OCH3 is 1. The topological polar surface area (TPSA) is 154 Å². The first-order valence-electron chi connectivity index (χ1n) is 14.5. The first-order valence-corrected chi connectivity index (χ1v) is 14.5. The third-order valence-electron chi connectivity index (χ3n) is 7.38. The van der Waals surface area contributed by atoms with Crippen LogP contribution in [0.4, 0.5) is 15.9 Å². The Hall–Kier alpha value is -4.98. The van der Waals surface area contributed by atoms with E-state index in [9.17, 15) is 19.8 Å². The average molecular weight is 631 g/mol. The summed E-state index contributed by atoms with van der Waals surface area (Å²) in [6.07, 6.45) is 2.09. The van der Waals surface area contributed by atoms with Crippen molar-refractivity contribution in [3.8, 4) is 22.7 Å². The lowest BCUT2D eigenvalue weighted by Gasteiger charge is -2.20. The highest BCUT2D eigenvalue weighted by molar-refractivity contribution is 5.83. The second-order valence-corrected chi connectivity index (χ2v) is 11.8. The number of aryl methyl sites for hydroxylation is 1. The van der Waals surface area contributed by atoms with Crippen molar-refractivity contribution in [2.45, 2.75) is 38.9 Å². The van der Waals surface area contributed by atoms with Gasteiger partial charge in [0.05, 0.1) is 42.4 Å². The van der Waals surface area contributed by atoms with Gasteiger partial charge in [0.15, 0.2) is 0 Å². The number of ether oxygens (including phenoxy) is 2. The van der Waals surface area contributed by atoms with Crippen LogP contribution in [0.25, 0.3) is 27.7 Å². The van der Waals surface area contributed by atoms with Crippen molar-refractivity contribution >= 4 is 22.3 Å². The van der Waals surface area contributed by atoms with Crippen LogP contribution in [0.5, 0.6) is 5.75 Å². The number of aliphatic hydroxyl groups is 2. The van der Waals surface area contributed by atoms with Gasteiger partial charge in [0, 0.05) is 30.7 Å². The van der Waals surface area contributed by atoms with Gasteiger partial charge in [-0.3, -0.25) is 9.59 Å². The quantitative estimate of drug-likeness (QED) is 0.209. The van der Waals surface area contributed by atoms with Crippen LogP contribution in [-0.2, 0) is 23.8 Å². The number of benzene rings is 2. The number of nitrogens with zero attached hydrogens (tertiary/aromatic N) is 5. The molecule has 0 unspecified atom stereocenters. The molecule has 0 aliphatic heterocycles. The average Bonchev–Trinajstić information content (AvgIpc) is 3.02. The predicted molar refractivity (Wildman–Crippen MR) is 171 cm³/mol. The van der Waals surface area contributed by atoms with Gasteiger partial charge in [-0.2, -0.15) is 14.9 Å². The molecule has 1 atom stereocenters. The maximum atomic E-state index is 15.3. The molecule has 46 heavy (non-hydrogen) atoms. The maximum absolute atomic E-state index is 15.3. The molecule has 0 radical (unpaired) electrons. The number of anilines is 2. The van der Waals surface area contributed by atoms with Crippen molar-refractivity contribution in [2.75, 3.05) is 25.6 Å². The van der Waals surface area contributed by atoms with Gasteiger partial charge >= 0.3 is 0 Å². The van der Waals surface area contributed by atoms with Crippen molar-refractivity contribution in [3.05, 3.63) is 98.6 Å². The Labute approximate surface area is 263 Å². The van der Waals surface area contributed by atoms with Crippen LogP contribution < -0.4 is 21.2 Å². The summed E-state index contributed by atoms with van der Waals surface area (Å²) in [6.45, 7) is 5.52. The van der Waals surface area contributed by atoms with Crippen LogP contribution in [0.15, 0.2) is 70.5 Å². The van der Waals surface area contributed by atoms with E-state index in [1.807, 2.05) is 20.8 Å². The Bertz CT molecular complexity index is 2000. The number of halogens is 1. The lowest BCUT2D eigenvalue weighted by molar-refractivity contribution is 0.0325. The van der Waals surface area contributed by atoms with E-state index in [1.165, 1.54) is 38.7 Å². The van der Waals surface area contributed by atoms with Crippen LogP contribution >= 0.6 is 0 Å². The zero-order valence-corrected chi connectivity index (χ0v) is 26.1. The monoisotopic (exact) mass is 630 g/mol. The first-order chi connectivity index (χ1) is 21.9. The molecule has 5 aromatic rings. The van der Waals surface area contributed by atoms with E-state index >= 15 is 4.39 Å². The molecule has 240 valence electrons.